The summed E-state index contributed by atoms with van der Waals surface area (Å²) in [5.74, 6) is 1.30. The van der Waals surface area contributed by atoms with Crippen molar-refractivity contribution in [2.45, 2.75) is 37.0 Å². The van der Waals surface area contributed by atoms with Crippen LogP contribution in [0.15, 0.2) is 83.9 Å². The van der Waals surface area contributed by atoms with Crippen molar-refractivity contribution >= 4 is 27.7 Å². The molecule has 0 bridgehead atoms. The summed E-state index contributed by atoms with van der Waals surface area (Å²) >= 11 is 1.88. The molecule has 5 heteroatoms. The number of aromatic hydroxyl groups is 1. The van der Waals surface area contributed by atoms with E-state index in [-0.39, 0.29) is 17.2 Å². The van der Waals surface area contributed by atoms with Crippen LogP contribution in [-0.4, -0.2) is 26.4 Å². The molecule has 33 heavy (non-hydrogen) atoms. The van der Waals surface area contributed by atoms with E-state index in [0.717, 1.165) is 22.4 Å². The molecule has 0 radical (unpaired) electrons. The number of ether oxygens (including phenoxy) is 1. The lowest BCUT2D eigenvalue weighted by molar-refractivity contribution is 0.380. The van der Waals surface area contributed by atoms with Gasteiger partial charge in [-0.3, -0.25) is 4.99 Å². The number of aliphatic imine (C=N–C) groups is 1. The second kappa shape index (κ2) is 7.63. The van der Waals surface area contributed by atoms with Gasteiger partial charge in [0.2, 0.25) is 5.88 Å². The Morgan fingerprint density at radius 3 is 2.73 bits per heavy atom. The van der Waals surface area contributed by atoms with E-state index in [0.29, 0.717) is 22.4 Å². The van der Waals surface area contributed by atoms with Gasteiger partial charge < -0.3 is 9.84 Å². The molecule has 2 atom stereocenters. The highest BCUT2D eigenvalue weighted by molar-refractivity contribution is 8.15. The average molecular weight is 453 g/mol. The molecule has 1 aromatic heterocycles. The summed E-state index contributed by atoms with van der Waals surface area (Å²) in [4.78, 5) is 9.70. The highest BCUT2D eigenvalue weighted by atomic mass is 32.2. The zero-order chi connectivity index (χ0) is 22.6. The van der Waals surface area contributed by atoms with E-state index < -0.39 is 0 Å². The van der Waals surface area contributed by atoms with Crippen LogP contribution in [0, 0.1) is 0 Å². The SMILES string of the molecule is CC1(C)c2ccccc2C[C@H]2SC(c3cccc(Oc4ccc5cccc(O)c5n4)c3)=N[C@H]21. The van der Waals surface area contributed by atoms with Gasteiger partial charge in [0.15, 0.2) is 0 Å². The summed E-state index contributed by atoms with van der Waals surface area (Å²) in [5.41, 5.74) is 4.46. The maximum absolute atomic E-state index is 10.1. The third kappa shape index (κ3) is 3.47. The van der Waals surface area contributed by atoms with Gasteiger partial charge >= 0.3 is 0 Å². The molecule has 0 unspecified atom stereocenters. The summed E-state index contributed by atoms with van der Waals surface area (Å²) < 4.78 is 6.07. The highest BCUT2D eigenvalue weighted by Gasteiger charge is 2.46. The van der Waals surface area contributed by atoms with E-state index in [9.17, 15) is 5.11 Å². The van der Waals surface area contributed by atoms with E-state index in [4.69, 9.17) is 9.73 Å². The maximum Gasteiger partial charge on any atom is 0.219 e. The lowest BCUT2D eigenvalue weighted by atomic mass is 9.69. The van der Waals surface area contributed by atoms with Crippen molar-refractivity contribution < 1.29 is 9.84 Å². The molecule has 1 N–H and O–H groups in total. The van der Waals surface area contributed by atoms with E-state index in [2.05, 4.69) is 49.2 Å². The van der Waals surface area contributed by atoms with Gasteiger partial charge in [0.05, 0.1) is 11.1 Å². The molecule has 0 saturated carbocycles. The molecule has 1 aliphatic carbocycles. The van der Waals surface area contributed by atoms with Crippen molar-refractivity contribution in [2.75, 3.05) is 0 Å². The fourth-order valence-corrected chi connectivity index (χ4v) is 6.57. The summed E-state index contributed by atoms with van der Waals surface area (Å²) in [6.45, 7) is 4.63. The lowest BCUT2D eigenvalue weighted by Gasteiger charge is -2.40. The second-order valence-electron chi connectivity index (χ2n) is 9.25. The van der Waals surface area contributed by atoms with Gasteiger partial charge in [0.25, 0.3) is 0 Å². The number of nitrogens with zero attached hydrogens (tertiary/aromatic N) is 2. The predicted molar refractivity (Wildman–Crippen MR) is 135 cm³/mol. The third-order valence-electron chi connectivity index (χ3n) is 6.72. The van der Waals surface area contributed by atoms with Crippen LogP contribution in [0.5, 0.6) is 17.4 Å². The zero-order valence-electron chi connectivity index (χ0n) is 18.5. The van der Waals surface area contributed by atoms with Crippen molar-refractivity contribution in [3.05, 3.63) is 95.6 Å². The number of thioether (sulfide) groups is 1. The molecule has 2 heterocycles. The molecule has 0 fully saturated rings. The number of phenols is 1. The Bertz CT molecular complexity index is 1410. The Morgan fingerprint density at radius 2 is 1.82 bits per heavy atom. The number of phenolic OH excluding ortho intramolecular Hbond substituents is 1. The van der Waals surface area contributed by atoms with Crippen molar-refractivity contribution in [3.8, 4) is 17.4 Å². The lowest BCUT2D eigenvalue weighted by Crippen LogP contribution is -2.43. The number of hydrogen-bond donors (Lipinski definition) is 1. The first-order chi connectivity index (χ1) is 16.0. The smallest absolute Gasteiger partial charge is 0.219 e. The van der Waals surface area contributed by atoms with Crippen LogP contribution in [-0.2, 0) is 11.8 Å². The molecular formula is C28H24N2O2S. The fraction of sp³-hybridized carbons (Fsp3) is 0.214. The molecule has 1 aliphatic heterocycles. The molecule has 4 nitrogen and oxygen atoms in total. The van der Waals surface area contributed by atoms with E-state index in [1.54, 1.807) is 12.1 Å². The van der Waals surface area contributed by atoms with Crippen molar-refractivity contribution in [1.29, 1.82) is 0 Å². The molecular weight excluding hydrogens is 428 g/mol. The molecule has 0 amide bonds. The van der Waals surface area contributed by atoms with Crippen LogP contribution >= 0.6 is 11.8 Å². The largest absolute Gasteiger partial charge is 0.506 e. The van der Waals surface area contributed by atoms with Gasteiger partial charge in [-0.05, 0) is 41.8 Å². The number of para-hydroxylation sites is 1. The van der Waals surface area contributed by atoms with Crippen LogP contribution in [0.25, 0.3) is 10.9 Å². The highest BCUT2D eigenvalue weighted by Crippen LogP contribution is 2.47. The average Bonchev–Trinajstić information content (AvgIpc) is 3.25. The Morgan fingerprint density at radius 1 is 0.970 bits per heavy atom. The van der Waals surface area contributed by atoms with Gasteiger partial charge in [-0.2, -0.15) is 0 Å². The Labute approximate surface area is 197 Å². The normalized spacial score (nSPS) is 20.7. The van der Waals surface area contributed by atoms with Crippen LogP contribution in [0.1, 0.15) is 30.5 Å². The number of fused-ring (bicyclic) bond motifs is 3. The Hall–Kier alpha value is -3.31. The first kappa shape index (κ1) is 20.3. The summed E-state index contributed by atoms with van der Waals surface area (Å²) in [6, 6.07) is 26.2. The Kier molecular flexibility index (Phi) is 4.70. The van der Waals surface area contributed by atoms with E-state index >= 15 is 0 Å². The van der Waals surface area contributed by atoms with E-state index in [1.807, 2.05) is 48.2 Å². The molecule has 164 valence electrons. The van der Waals surface area contributed by atoms with Gasteiger partial charge in [0.1, 0.15) is 17.0 Å². The quantitative estimate of drug-likeness (QED) is 0.386. The number of aromatic nitrogens is 1. The zero-order valence-corrected chi connectivity index (χ0v) is 19.3. The summed E-state index contributed by atoms with van der Waals surface area (Å²) in [7, 11) is 0. The predicted octanol–water partition coefficient (Wildman–Crippen LogP) is 6.50. The maximum atomic E-state index is 10.1. The number of hydrogen-bond acceptors (Lipinski definition) is 5. The molecule has 4 aromatic rings. The van der Waals surface area contributed by atoms with Crippen LogP contribution in [0.3, 0.4) is 0 Å². The molecule has 0 saturated heterocycles. The summed E-state index contributed by atoms with van der Waals surface area (Å²) in [6.07, 6.45) is 1.04. The minimum absolute atomic E-state index is 0.000608. The molecule has 6 rings (SSSR count). The van der Waals surface area contributed by atoms with E-state index in [1.165, 1.54) is 11.1 Å². The monoisotopic (exact) mass is 452 g/mol. The first-order valence-electron chi connectivity index (χ1n) is 11.2. The molecule has 2 aliphatic rings. The van der Waals surface area contributed by atoms with Gasteiger partial charge in [-0.25, -0.2) is 4.98 Å². The number of benzene rings is 3. The molecule has 0 spiro atoms. The minimum atomic E-state index is -0.000608. The fourth-order valence-electron chi connectivity index (χ4n) is 5.06. The van der Waals surface area contributed by atoms with Crippen molar-refractivity contribution in [1.82, 2.24) is 4.98 Å². The summed E-state index contributed by atoms with van der Waals surface area (Å²) in [5, 5.41) is 12.5. The van der Waals surface area contributed by atoms with Crippen LogP contribution in [0.2, 0.25) is 0 Å². The standard InChI is InChI=1S/C28H24N2O2S/c1-28(2)21-11-4-3-7-18(21)16-23-26(28)30-27(33-23)19-9-5-10-20(15-19)32-24-14-13-17-8-6-12-22(31)25(17)29-24/h3-15,23,26,31H,16H2,1-2H3/t23-,26-/m1/s1. The minimum Gasteiger partial charge on any atom is -0.506 e. The van der Waals surface area contributed by atoms with Crippen LogP contribution < -0.4 is 4.74 Å². The van der Waals surface area contributed by atoms with Gasteiger partial charge in [0, 0.05) is 27.7 Å². The molecule has 3 aromatic carbocycles. The van der Waals surface area contributed by atoms with Crippen LogP contribution in [0.4, 0.5) is 0 Å². The van der Waals surface area contributed by atoms with Gasteiger partial charge in [-0.15, -0.1) is 11.8 Å². The van der Waals surface area contributed by atoms with Crippen molar-refractivity contribution in [2.24, 2.45) is 4.99 Å². The van der Waals surface area contributed by atoms with Crippen molar-refractivity contribution in [3.63, 3.8) is 0 Å². The first-order valence-corrected chi connectivity index (χ1v) is 12.1. The Balaban J connectivity index is 1.29. The third-order valence-corrected chi connectivity index (χ3v) is 8.01. The second-order valence-corrected chi connectivity index (χ2v) is 10.5. The topological polar surface area (TPSA) is 54.7 Å². The number of rotatable bonds is 3. The van der Waals surface area contributed by atoms with Gasteiger partial charge in [-0.1, -0.05) is 62.4 Å². The number of pyridine rings is 1.